The van der Waals surface area contributed by atoms with Gasteiger partial charge in [0, 0.05) is 27.1 Å². The van der Waals surface area contributed by atoms with Crippen molar-refractivity contribution < 1.29 is 9.32 Å². The minimum atomic E-state index is 0.0175. The second-order valence-corrected chi connectivity index (χ2v) is 8.61. The van der Waals surface area contributed by atoms with Crippen LogP contribution >= 0.6 is 23.4 Å². The van der Waals surface area contributed by atoms with Crippen LogP contribution in [0.3, 0.4) is 0 Å². The molecule has 1 amide bonds. The quantitative estimate of drug-likeness (QED) is 0.544. The second-order valence-electron chi connectivity index (χ2n) is 7.29. The molecule has 1 fully saturated rings. The Kier molecular flexibility index (Phi) is 6.72. The number of thioether (sulfide) groups is 1. The molecular weight excluding hydrogens is 420 g/mol. The van der Waals surface area contributed by atoms with Crippen molar-refractivity contribution in [2.75, 3.05) is 24.7 Å². The van der Waals surface area contributed by atoms with E-state index in [0.717, 1.165) is 42.1 Å². The maximum atomic E-state index is 12.6. The van der Waals surface area contributed by atoms with Gasteiger partial charge in [-0.3, -0.25) is 9.69 Å². The molecule has 0 unspecified atom stereocenters. The lowest BCUT2D eigenvalue weighted by Crippen LogP contribution is -2.37. The predicted molar refractivity (Wildman–Crippen MR) is 120 cm³/mol. The summed E-state index contributed by atoms with van der Waals surface area (Å²) in [5, 5.41) is 7.75. The lowest BCUT2D eigenvalue weighted by molar-refractivity contribution is -0.121. The SMILES string of the molecule is CSc1cccc(NC(=O)C2CCN(Cc3nc(-c4cccc(Cl)c4)no3)CC2)c1. The monoisotopic (exact) mass is 442 g/mol. The summed E-state index contributed by atoms with van der Waals surface area (Å²) in [6.07, 6.45) is 3.64. The number of halogens is 1. The first-order valence-corrected chi connectivity index (χ1v) is 11.5. The van der Waals surface area contributed by atoms with Crippen LogP contribution in [0.2, 0.25) is 5.02 Å². The van der Waals surface area contributed by atoms with Crippen LogP contribution in [0.1, 0.15) is 18.7 Å². The molecule has 3 aromatic rings. The van der Waals surface area contributed by atoms with E-state index in [0.29, 0.717) is 23.3 Å². The van der Waals surface area contributed by atoms with Crippen LogP contribution in [-0.2, 0) is 11.3 Å². The van der Waals surface area contributed by atoms with Crippen molar-refractivity contribution in [2.24, 2.45) is 5.92 Å². The maximum absolute atomic E-state index is 12.6. The smallest absolute Gasteiger partial charge is 0.241 e. The summed E-state index contributed by atoms with van der Waals surface area (Å²) in [6.45, 7) is 2.22. The van der Waals surface area contributed by atoms with Gasteiger partial charge < -0.3 is 9.84 Å². The van der Waals surface area contributed by atoms with E-state index in [9.17, 15) is 4.79 Å². The molecule has 0 bridgehead atoms. The molecule has 0 saturated carbocycles. The molecular formula is C22H23ClN4O2S. The van der Waals surface area contributed by atoms with Crippen LogP contribution in [0.5, 0.6) is 0 Å². The highest BCUT2D eigenvalue weighted by Crippen LogP contribution is 2.24. The number of hydrogen-bond acceptors (Lipinski definition) is 6. The van der Waals surface area contributed by atoms with Crippen LogP contribution in [-0.4, -0.2) is 40.3 Å². The lowest BCUT2D eigenvalue weighted by atomic mass is 9.96. The normalized spacial score (nSPS) is 15.3. The first-order valence-electron chi connectivity index (χ1n) is 9.86. The summed E-state index contributed by atoms with van der Waals surface area (Å²) in [5.41, 5.74) is 1.69. The third-order valence-electron chi connectivity index (χ3n) is 5.21. The fourth-order valence-electron chi connectivity index (χ4n) is 3.55. The van der Waals surface area contributed by atoms with Gasteiger partial charge in [0.2, 0.25) is 17.6 Å². The van der Waals surface area contributed by atoms with E-state index in [1.807, 2.05) is 54.8 Å². The third-order valence-corrected chi connectivity index (χ3v) is 6.17. The number of carbonyl (C=O) groups excluding carboxylic acids is 1. The highest BCUT2D eigenvalue weighted by Gasteiger charge is 2.26. The van der Waals surface area contributed by atoms with Gasteiger partial charge in [-0.05, 0) is 62.5 Å². The predicted octanol–water partition coefficient (Wildman–Crippen LogP) is 4.96. The summed E-state index contributed by atoms with van der Waals surface area (Å²) in [4.78, 5) is 20.5. The van der Waals surface area contributed by atoms with Gasteiger partial charge in [-0.15, -0.1) is 11.8 Å². The van der Waals surface area contributed by atoms with Gasteiger partial charge >= 0.3 is 0 Å². The van der Waals surface area contributed by atoms with Gasteiger partial charge in [-0.2, -0.15) is 4.98 Å². The number of amides is 1. The average molecular weight is 443 g/mol. The number of likely N-dealkylation sites (tertiary alicyclic amines) is 1. The van der Waals surface area contributed by atoms with Crippen molar-refractivity contribution in [3.8, 4) is 11.4 Å². The van der Waals surface area contributed by atoms with E-state index in [-0.39, 0.29) is 11.8 Å². The van der Waals surface area contributed by atoms with Crippen molar-refractivity contribution in [1.82, 2.24) is 15.0 Å². The zero-order valence-electron chi connectivity index (χ0n) is 16.7. The minimum Gasteiger partial charge on any atom is -0.338 e. The fourth-order valence-corrected chi connectivity index (χ4v) is 4.20. The van der Waals surface area contributed by atoms with E-state index in [2.05, 4.69) is 20.4 Å². The summed E-state index contributed by atoms with van der Waals surface area (Å²) in [7, 11) is 0. The van der Waals surface area contributed by atoms with E-state index in [1.165, 1.54) is 0 Å². The van der Waals surface area contributed by atoms with Gasteiger partial charge in [0.05, 0.1) is 6.54 Å². The molecule has 2 aromatic carbocycles. The number of hydrogen-bond donors (Lipinski definition) is 1. The molecule has 0 radical (unpaired) electrons. The largest absolute Gasteiger partial charge is 0.338 e. The third kappa shape index (κ3) is 5.22. The van der Waals surface area contributed by atoms with Crippen molar-refractivity contribution in [2.45, 2.75) is 24.3 Å². The number of aromatic nitrogens is 2. The van der Waals surface area contributed by atoms with Crippen LogP contribution < -0.4 is 5.32 Å². The number of nitrogens with one attached hydrogen (secondary N) is 1. The Balaban J connectivity index is 1.29. The van der Waals surface area contributed by atoms with Gasteiger partial charge in [0.15, 0.2) is 0 Å². The Morgan fingerprint density at radius 2 is 2.03 bits per heavy atom. The molecule has 1 aromatic heterocycles. The Morgan fingerprint density at radius 3 is 2.80 bits per heavy atom. The first kappa shape index (κ1) is 20.9. The molecule has 0 aliphatic carbocycles. The van der Waals surface area contributed by atoms with Gasteiger partial charge in [0.25, 0.3) is 0 Å². The number of nitrogens with zero attached hydrogens (tertiary/aromatic N) is 3. The van der Waals surface area contributed by atoms with E-state index >= 15 is 0 Å². The fraction of sp³-hybridized carbons (Fsp3) is 0.318. The zero-order valence-corrected chi connectivity index (χ0v) is 18.2. The summed E-state index contributed by atoms with van der Waals surface area (Å²) in [5.74, 6) is 1.22. The number of rotatable bonds is 6. The van der Waals surface area contributed by atoms with Gasteiger partial charge in [0.1, 0.15) is 0 Å². The summed E-state index contributed by atoms with van der Waals surface area (Å²) in [6, 6.07) is 15.3. The number of anilines is 1. The van der Waals surface area contributed by atoms with E-state index in [4.69, 9.17) is 16.1 Å². The molecule has 8 heteroatoms. The molecule has 1 aliphatic rings. The van der Waals surface area contributed by atoms with Crippen LogP contribution in [0, 0.1) is 5.92 Å². The van der Waals surface area contributed by atoms with Gasteiger partial charge in [-0.25, -0.2) is 0 Å². The number of carbonyl (C=O) groups is 1. The molecule has 1 saturated heterocycles. The highest BCUT2D eigenvalue weighted by molar-refractivity contribution is 7.98. The Morgan fingerprint density at radius 1 is 1.23 bits per heavy atom. The second kappa shape index (κ2) is 9.64. The number of benzene rings is 2. The van der Waals surface area contributed by atoms with Crippen molar-refractivity contribution >= 4 is 35.0 Å². The molecule has 1 aliphatic heterocycles. The zero-order chi connectivity index (χ0) is 20.9. The van der Waals surface area contributed by atoms with Crippen LogP contribution in [0.25, 0.3) is 11.4 Å². The van der Waals surface area contributed by atoms with Crippen molar-refractivity contribution in [1.29, 1.82) is 0 Å². The molecule has 30 heavy (non-hydrogen) atoms. The molecule has 0 spiro atoms. The lowest BCUT2D eigenvalue weighted by Gasteiger charge is -2.30. The van der Waals surface area contributed by atoms with Crippen molar-refractivity contribution in [3.05, 3.63) is 59.4 Å². The Hall–Kier alpha value is -2.35. The topological polar surface area (TPSA) is 71.3 Å². The van der Waals surface area contributed by atoms with Crippen LogP contribution in [0.15, 0.2) is 57.9 Å². The summed E-state index contributed by atoms with van der Waals surface area (Å²) >= 11 is 7.70. The Labute approximate surface area is 185 Å². The summed E-state index contributed by atoms with van der Waals surface area (Å²) < 4.78 is 5.41. The molecule has 0 atom stereocenters. The van der Waals surface area contributed by atoms with E-state index < -0.39 is 0 Å². The number of piperidine rings is 1. The standard InChI is InChI=1S/C22H23ClN4O2S/c1-30-19-7-3-6-18(13-19)24-22(28)15-8-10-27(11-9-15)14-20-25-21(26-29-20)16-4-2-5-17(23)12-16/h2-7,12-13,15H,8-11,14H2,1H3,(H,24,28). The maximum Gasteiger partial charge on any atom is 0.241 e. The van der Waals surface area contributed by atoms with Gasteiger partial charge in [-0.1, -0.05) is 35.0 Å². The molecule has 4 rings (SSSR count). The molecule has 156 valence electrons. The Bertz CT molecular complexity index is 1020. The van der Waals surface area contributed by atoms with E-state index in [1.54, 1.807) is 11.8 Å². The molecule has 6 nitrogen and oxygen atoms in total. The highest BCUT2D eigenvalue weighted by atomic mass is 35.5. The molecule has 1 N–H and O–H groups in total. The first-order chi connectivity index (χ1) is 14.6. The van der Waals surface area contributed by atoms with Crippen molar-refractivity contribution in [3.63, 3.8) is 0 Å². The average Bonchev–Trinajstić information content (AvgIpc) is 3.23. The minimum absolute atomic E-state index is 0.0175. The molecule has 2 heterocycles. The van der Waals surface area contributed by atoms with Crippen LogP contribution in [0.4, 0.5) is 5.69 Å².